The Morgan fingerprint density at radius 3 is 2.31 bits per heavy atom. The minimum absolute atomic E-state index is 0.0888. The number of carbonyl (C=O) groups excluding carboxylic acids is 3. The molecule has 3 fully saturated rings. The lowest BCUT2D eigenvalue weighted by Crippen LogP contribution is -2.51. The van der Waals surface area contributed by atoms with Crippen LogP contribution in [0.1, 0.15) is 66.2 Å². The Balaban J connectivity index is 0.831. The van der Waals surface area contributed by atoms with Crippen molar-refractivity contribution < 1.29 is 31.9 Å². The number of carbonyl (C=O) groups is 3. The molecule has 0 radical (unpaired) electrons. The first-order chi connectivity index (χ1) is 31.0. The van der Waals surface area contributed by atoms with Crippen LogP contribution in [0.3, 0.4) is 0 Å². The topological polar surface area (TPSA) is 162 Å². The number of amides is 3. The number of H-pyrrole nitrogens is 1. The fraction of sp³-hybridized carbons (Fsp3) is 0.348. The summed E-state index contributed by atoms with van der Waals surface area (Å²) >= 11 is 5.55. The predicted molar refractivity (Wildman–Crippen MR) is 240 cm³/mol. The average molecular weight is 909 g/mol. The number of hydrogen-bond acceptors (Lipinski definition) is 10. The molecule has 3 aromatic heterocycles. The van der Waals surface area contributed by atoms with Gasteiger partial charge in [-0.1, -0.05) is 6.92 Å². The van der Waals surface area contributed by atoms with Gasteiger partial charge in [0.15, 0.2) is 5.11 Å². The van der Waals surface area contributed by atoms with Crippen molar-refractivity contribution in [2.24, 2.45) is 5.92 Å². The largest absolute Gasteiger partial charge is 0.417 e. The summed E-state index contributed by atoms with van der Waals surface area (Å²) in [6.07, 6.45) is 0.395. The number of piperazine rings is 1. The first-order valence-electron chi connectivity index (χ1n) is 21.1. The number of nitrogens with zero attached hydrogens (tertiary/aromatic N) is 8. The number of aromatic amines is 1. The van der Waals surface area contributed by atoms with E-state index in [0.717, 1.165) is 41.2 Å². The summed E-state index contributed by atoms with van der Waals surface area (Å²) in [6, 6.07) is 15.1. The average Bonchev–Trinajstić information content (AvgIpc) is 3.47. The highest BCUT2D eigenvalue weighted by Crippen LogP contribution is 2.40. The van der Waals surface area contributed by atoms with Crippen molar-refractivity contribution in [3.8, 4) is 6.07 Å². The van der Waals surface area contributed by atoms with E-state index >= 15 is 4.39 Å². The molecule has 3 amide bonds. The van der Waals surface area contributed by atoms with Gasteiger partial charge in [-0.15, -0.1) is 0 Å². The summed E-state index contributed by atoms with van der Waals surface area (Å²) in [5.41, 5.74) is -0.346. The van der Waals surface area contributed by atoms with Gasteiger partial charge >= 0.3 is 6.18 Å². The quantitative estimate of drug-likeness (QED) is 0.121. The zero-order valence-corrected chi connectivity index (χ0v) is 36.5. The lowest BCUT2D eigenvalue weighted by molar-refractivity contribution is -0.138. The van der Waals surface area contributed by atoms with Crippen LogP contribution in [0.25, 0.3) is 11.0 Å². The fourth-order valence-electron chi connectivity index (χ4n) is 8.65. The van der Waals surface area contributed by atoms with Crippen molar-refractivity contribution in [3.63, 3.8) is 0 Å². The number of aryl methyl sites for hydroxylation is 1. The number of piperidine rings is 1. The van der Waals surface area contributed by atoms with Gasteiger partial charge in [-0.2, -0.15) is 18.4 Å². The van der Waals surface area contributed by atoms with Crippen molar-refractivity contribution in [1.29, 1.82) is 5.26 Å². The Morgan fingerprint density at radius 2 is 1.66 bits per heavy atom. The monoisotopic (exact) mass is 908 g/mol. The number of nitrogens with one attached hydrogen (secondary N) is 2. The normalized spacial score (nSPS) is 17.2. The number of alkyl halides is 3. The summed E-state index contributed by atoms with van der Waals surface area (Å²) in [4.78, 5) is 73.2. The van der Waals surface area contributed by atoms with Crippen molar-refractivity contribution in [3.05, 3.63) is 117 Å². The molecule has 3 aliphatic heterocycles. The number of pyridine rings is 3. The molecule has 0 saturated carbocycles. The van der Waals surface area contributed by atoms with Gasteiger partial charge < -0.3 is 25.0 Å². The van der Waals surface area contributed by atoms with Crippen molar-refractivity contribution >= 4 is 69.0 Å². The van der Waals surface area contributed by atoms with E-state index in [1.165, 1.54) is 49.2 Å². The summed E-state index contributed by atoms with van der Waals surface area (Å²) in [5, 5.41) is 11.6. The van der Waals surface area contributed by atoms with Crippen LogP contribution < -0.4 is 25.6 Å². The predicted octanol–water partition coefficient (Wildman–Crippen LogP) is 6.64. The number of anilines is 4. The zero-order valence-electron chi connectivity index (χ0n) is 35.7. The van der Waals surface area contributed by atoms with Crippen molar-refractivity contribution in [2.75, 3.05) is 59.3 Å². The standard InChI is InChI=1S/C46H44F4N10O4S/c1-4-28-20-37-38(55-40(28)61)19-27(24-52-37)26-56-15-17-58(18-16-56)42(63)29-11-13-57(14-12-29)39-10-6-31(25-53-39)54-41(62)34-9-8-33(22-36(34)47)60-44(65)59(43(64)45(60,2)3)32-7-5-30(23-51)35(21-32)46(48,49)50/h5-10,19-22,24-25,29H,4,11-18,26H2,1-3H3,(H,54,62)(H,55,61). The lowest BCUT2D eigenvalue weighted by atomic mass is 9.95. The number of benzene rings is 2. The number of hydrogen-bond donors (Lipinski definition) is 2. The molecular weight excluding hydrogens is 865 g/mol. The van der Waals surface area contributed by atoms with E-state index in [0.29, 0.717) is 80.6 Å². The highest BCUT2D eigenvalue weighted by Gasteiger charge is 2.51. The zero-order chi connectivity index (χ0) is 46.4. The van der Waals surface area contributed by atoms with E-state index in [9.17, 15) is 37.6 Å². The van der Waals surface area contributed by atoms with Crippen LogP contribution in [-0.2, 0) is 28.7 Å². The first kappa shape index (κ1) is 44.8. The third kappa shape index (κ3) is 8.87. The number of rotatable bonds is 9. The maximum Gasteiger partial charge on any atom is 0.417 e. The van der Waals surface area contributed by atoms with Gasteiger partial charge in [-0.05, 0) is 112 Å². The smallest absolute Gasteiger partial charge is 0.357 e. The molecule has 8 rings (SSSR count). The lowest BCUT2D eigenvalue weighted by Gasteiger charge is -2.38. The van der Waals surface area contributed by atoms with Gasteiger partial charge in [0.25, 0.3) is 17.4 Å². The molecule has 0 unspecified atom stereocenters. The maximum absolute atomic E-state index is 15.7. The van der Waals surface area contributed by atoms with Crippen molar-refractivity contribution in [2.45, 2.75) is 58.3 Å². The fourth-order valence-corrected chi connectivity index (χ4v) is 9.17. The number of aromatic nitrogens is 3. The molecule has 5 aromatic rings. The maximum atomic E-state index is 15.7. The summed E-state index contributed by atoms with van der Waals surface area (Å²) in [5.74, 6) is -1.67. The van der Waals surface area contributed by atoms with Crippen LogP contribution >= 0.6 is 12.2 Å². The number of fused-ring (bicyclic) bond motifs is 1. The Labute approximate surface area is 376 Å². The van der Waals surface area contributed by atoms with E-state index in [4.69, 9.17) is 12.2 Å². The minimum atomic E-state index is -4.87. The number of thiocarbonyl (C=S) groups is 1. The molecule has 0 bridgehead atoms. The molecule has 0 atom stereocenters. The molecule has 3 saturated heterocycles. The SMILES string of the molecule is CCc1cc2ncc(CN3CCN(C(=O)C4CCN(c5ccc(NC(=O)c6ccc(N7C(=S)N(c8ccc(C#N)c(C(F)(F)F)c8)C(=O)C7(C)C)cc6F)cn5)CC4)CC3)cc2[nH]c1=O. The minimum Gasteiger partial charge on any atom is -0.357 e. The van der Waals surface area contributed by atoms with Gasteiger partial charge in [0, 0.05) is 69.2 Å². The molecule has 65 heavy (non-hydrogen) atoms. The second kappa shape index (κ2) is 17.7. The second-order valence-electron chi connectivity index (χ2n) is 16.8. The van der Waals surface area contributed by atoms with Crippen molar-refractivity contribution in [1.82, 2.24) is 24.8 Å². The molecule has 6 heterocycles. The van der Waals surface area contributed by atoms with Gasteiger partial charge in [0.2, 0.25) is 5.91 Å². The van der Waals surface area contributed by atoms with Crippen LogP contribution in [0.4, 0.5) is 40.4 Å². The summed E-state index contributed by atoms with van der Waals surface area (Å²) in [6.45, 7) is 9.52. The molecule has 3 aliphatic rings. The van der Waals surface area contributed by atoms with Gasteiger partial charge in [0.05, 0.1) is 51.4 Å². The van der Waals surface area contributed by atoms with E-state index in [-0.39, 0.29) is 39.4 Å². The van der Waals surface area contributed by atoms with E-state index in [1.807, 2.05) is 30.2 Å². The number of nitriles is 1. The molecular formula is C46H44F4N10O4S. The molecule has 0 aliphatic carbocycles. The van der Waals surface area contributed by atoms with E-state index < -0.39 is 40.5 Å². The summed E-state index contributed by atoms with van der Waals surface area (Å²) < 4.78 is 56.9. The molecule has 2 aromatic carbocycles. The van der Waals surface area contributed by atoms with E-state index in [1.54, 1.807) is 12.1 Å². The van der Waals surface area contributed by atoms with E-state index in [2.05, 4.69) is 30.1 Å². The van der Waals surface area contributed by atoms with Crippen LogP contribution in [0, 0.1) is 23.1 Å². The Morgan fingerprint density at radius 1 is 0.938 bits per heavy atom. The third-order valence-corrected chi connectivity index (χ3v) is 12.6. The second-order valence-corrected chi connectivity index (χ2v) is 17.2. The molecule has 0 spiro atoms. The Hall–Kier alpha value is -6.78. The Kier molecular flexibility index (Phi) is 12.2. The van der Waals surface area contributed by atoms with Gasteiger partial charge in [-0.25, -0.2) is 9.37 Å². The van der Waals surface area contributed by atoms with Crippen LogP contribution in [0.15, 0.2) is 77.9 Å². The highest BCUT2D eigenvalue weighted by atomic mass is 32.1. The molecule has 14 nitrogen and oxygen atoms in total. The van der Waals surface area contributed by atoms with Crippen LogP contribution in [0.5, 0.6) is 0 Å². The first-order valence-corrected chi connectivity index (χ1v) is 21.5. The Bertz CT molecular complexity index is 2810. The molecule has 19 heteroatoms. The van der Waals surface area contributed by atoms with Crippen LogP contribution in [-0.4, -0.2) is 92.4 Å². The van der Waals surface area contributed by atoms with Gasteiger partial charge in [-0.3, -0.25) is 34.0 Å². The molecule has 2 N–H and O–H groups in total. The van der Waals surface area contributed by atoms with Gasteiger partial charge in [0.1, 0.15) is 17.2 Å². The molecule has 336 valence electrons. The highest BCUT2D eigenvalue weighted by molar-refractivity contribution is 7.81. The van der Waals surface area contributed by atoms with Crippen LogP contribution in [0.2, 0.25) is 0 Å². The third-order valence-electron chi connectivity index (χ3n) is 12.3. The summed E-state index contributed by atoms with van der Waals surface area (Å²) in [7, 11) is 0. The number of halogens is 4.